The smallest absolute Gasteiger partial charge is 0.493 e. The molecule has 1 saturated heterocycles. The Balaban J connectivity index is 0.000000174. The van der Waals surface area contributed by atoms with Gasteiger partial charge in [0.1, 0.15) is 27.3 Å². The average Bonchev–Trinajstić information content (AvgIpc) is 1.30. The van der Waals surface area contributed by atoms with Crippen LogP contribution in [0.1, 0.15) is 178 Å². The van der Waals surface area contributed by atoms with Crippen LogP contribution in [0.5, 0.6) is 17.2 Å². The highest BCUT2D eigenvalue weighted by Crippen LogP contribution is 2.52. The van der Waals surface area contributed by atoms with Gasteiger partial charge in [0.15, 0.2) is 22.2 Å². The summed E-state index contributed by atoms with van der Waals surface area (Å²) < 4.78 is 188. The van der Waals surface area contributed by atoms with Crippen molar-refractivity contribution in [3.63, 3.8) is 0 Å². The third-order valence-corrected chi connectivity index (χ3v) is 21.7. The fourth-order valence-electron chi connectivity index (χ4n) is 13.3. The third kappa shape index (κ3) is 21.1. The molecule has 3 unspecified atom stereocenters. The van der Waals surface area contributed by atoms with Gasteiger partial charge in [-0.25, -0.2) is 29.3 Å². The van der Waals surface area contributed by atoms with E-state index in [1.165, 1.54) is 40.9 Å². The van der Waals surface area contributed by atoms with E-state index in [0.717, 1.165) is 78.7 Å². The molecule has 17 nitrogen and oxygen atoms in total. The van der Waals surface area contributed by atoms with Gasteiger partial charge in [-0.1, -0.05) is 36.4 Å². The monoisotopic (exact) mass is 1710 g/mol. The van der Waals surface area contributed by atoms with Crippen molar-refractivity contribution < 1.29 is 106 Å². The Bertz CT molecular complexity index is 4870. The van der Waals surface area contributed by atoms with Crippen LogP contribution >= 0.6 is 49.9 Å². The normalized spacial score (nSPS) is 16.0. The molecule has 610 valence electrons. The number of alkyl halides is 9. The van der Waals surface area contributed by atoms with Gasteiger partial charge in [-0.05, 0) is 255 Å². The number of hydrogen-bond acceptors (Lipinski definition) is 19. The van der Waals surface area contributed by atoms with Gasteiger partial charge in [-0.2, -0.15) is 39.5 Å². The molecule has 114 heavy (non-hydrogen) atoms. The van der Waals surface area contributed by atoms with Crippen molar-refractivity contribution in [1.82, 2.24) is 15.0 Å². The summed E-state index contributed by atoms with van der Waals surface area (Å²) in [5, 5.41) is 16.4. The third-order valence-electron chi connectivity index (χ3n) is 18.8. The first-order valence-corrected chi connectivity index (χ1v) is 39.9. The Kier molecular flexibility index (Phi) is 27.3. The zero-order valence-corrected chi connectivity index (χ0v) is 69.4. The van der Waals surface area contributed by atoms with E-state index in [2.05, 4.69) is 30.9 Å². The first-order valence-electron chi connectivity index (χ1n) is 36.4. The Morgan fingerprint density at radius 3 is 1.11 bits per heavy atom. The Morgan fingerprint density at radius 2 is 0.807 bits per heavy atom. The van der Waals surface area contributed by atoms with Crippen LogP contribution in [0, 0.1) is 0 Å². The largest absolute Gasteiger partial charge is 0.495 e. The van der Waals surface area contributed by atoms with E-state index in [-0.39, 0.29) is 27.8 Å². The summed E-state index contributed by atoms with van der Waals surface area (Å²) >= 11 is 7.34. The van der Waals surface area contributed by atoms with Gasteiger partial charge in [0, 0.05) is 62.5 Å². The van der Waals surface area contributed by atoms with Crippen LogP contribution in [0.15, 0.2) is 130 Å². The van der Waals surface area contributed by atoms with Crippen LogP contribution in [0.3, 0.4) is 0 Å². The minimum absolute atomic E-state index is 0.148. The lowest BCUT2D eigenvalue weighted by Crippen LogP contribution is -2.41. The van der Waals surface area contributed by atoms with Gasteiger partial charge >= 0.3 is 43.6 Å². The number of nitrogens with zero attached hydrogens (tertiary/aromatic N) is 3. The second-order valence-electron chi connectivity index (χ2n) is 31.0. The maximum Gasteiger partial charge on any atom is 0.495 e. The van der Waals surface area contributed by atoms with Crippen LogP contribution in [0.25, 0.3) is 54.5 Å². The molecular formula is C83H88BBrF9N3O14S3. The fourth-order valence-corrected chi connectivity index (χ4v) is 15.5. The summed E-state index contributed by atoms with van der Waals surface area (Å²) in [5.41, 5.74) is -2.58. The lowest BCUT2D eigenvalue weighted by Gasteiger charge is -2.32. The molecule has 7 heterocycles. The SMILES string of the molecule is Brc1nccs1.CC(C)(C)OC(C(=O)O)c1c(C(F)(F)F)ccc(-c2nccs2)c1-c1ccc2c(c1)CCCO2.COC(=O)C(OC(C)(C)C)c1c(C(F)(F)F)ccc(-c2nccs2)c1-c1ccc2c(c1)CCCO2.COC(=O)C(OC(C)(C)C)c1c(C(F)(F)F)ccc(B2OC(C)(C)C(C)(C)O2)c1-c1ccc2c(c1)CCCO2. The summed E-state index contributed by atoms with van der Waals surface area (Å²) in [5.74, 6) is -1.28. The topological polar surface area (TPSA) is 202 Å². The van der Waals surface area contributed by atoms with E-state index >= 15 is 0 Å². The molecule has 0 aliphatic carbocycles. The van der Waals surface area contributed by atoms with E-state index < -0.39 is 112 Å². The van der Waals surface area contributed by atoms with E-state index in [0.29, 0.717) is 93.2 Å². The molecule has 0 bridgehead atoms. The summed E-state index contributed by atoms with van der Waals surface area (Å²) in [6.45, 7) is 24.1. The number of aryl methyl sites for hydroxylation is 3. The van der Waals surface area contributed by atoms with Gasteiger partial charge < -0.3 is 52.3 Å². The number of aromatic nitrogens is 3. The Hall–Kier alpha value is -8.27. The number of halogens is 10. The molecule has 4 aliphatic heterocycles. The van der Waals surface area contributed by atoms with Crippen molar-refractivity contribution in [3.8, 4) is 71.8 Å². The second kappa shape index (κ2) is 35.3. The highest BCUT2D eigenvalue weighted by molar-refractivity contribution is 9.11. The van der Waals surface area contributed by atoms with E-state index in [9.17, 15) is 59.0 Å². The molecular weight excluding hydrogens is 1620 g/mol. The summed E-state index contributed by atoms with van der Waals surface area (Å²) in [6.07, 6.45) is -10.0. The number of thiazole rings is 3. The molecule has 31 heteroatoms. The number of methoxy groups -OCH3 is 2. The van der Waals surface area contributed by atoms with Crippen molar-refractivity contribution in [2.75, 3.05) is 34.0 Å². The molecule has 3 atom stereocenters. The van der Waals surface area contributed by atoms with Crippen molar-refractivity contribution in [2.24, 2.45) is 0 Å². The molecule has 0 amide bonds. The Labute approximate surface area is 676 Å². The number of fused-ring (bicyclic) bond motifs is 3. The molecule has 9 aromatic rings. The lowest BCUT2D eigenvalue weighted by molar-refractivity contribution is -0.167. The van der Waals surface area contributed by atoms with Crippen LogP contribution < -0.4 is 19.7 Å². The number of rotatable bonds is 15. The highest BCUT2D eigenvalue weighted by atomic mass is 79.9. The minimum Gasteiger partial charge on any atom is -0.493 e. The number of hydrogen-bond donors (Lipinski definition) is 1. The van der Waals surface area contributed by atoms with Crippen molar-refractivity contribution in [3.05, 3.63) is 180 Å². The number of carbonyl (C=O) groups is 3. The van der Waals surface area contributed by atoms with Gasteiger partial charge in [0.05, 0.1) is 78.7 Å². The summed E-state index contributed by atoms with van der Waals surface area (Å²) in [6, 6.07) is 22.7. The summed E-state index contributed by atoms with van der Waals surface area (Å²) in [7, 11) is 1.27. The number of carboxylic acid groups (broad SMARTS) is 1. The van der Waals surface area contributed by atoms with Crippen molar-refractivity contribution in [2.45, 2.75) is 193 Å². The molecule has 0 radical (unpaired) electrons. The van der Waals surface area contributed by atoms with Crippen LogP contribution in [-0.4, -0.2) is 107 Å². The molecule has 1 fully saturated rings. The standard InChI is InChI=1S/C29H36BF3O6.C26H26F3NO4S.C25H24F3NO4S.C3H2BrNS/c1-26(2,3)37-24(25(34)35-8)23-19(29(31,32)33)12-13-20(30-38-27(4,5)28(6,7)39-30)22(23)18-11-14-21-17(16-18)10-9-15-36-21;1-25(2,3)34-22(24(31)32-4)21-18(26(27,28)29)9-8-17(23-30-11-13-35-23)20(21)16-7-10-19-15(14-16)6-5-12-33-19;1-24(2,3)33-21(23(30)31)20-17(25(26,27)28)8-7-16(22-29-10-12-34-22)19(20)15-6-9-18-14(13-15)5-4-11-32-18;4-3-5-1-2-6-3/h11-14,16,24H,9-10,15H2,1-8H3;7-11,13-14,22H,5-6,12H2,1-4H3;6-10,12-13,21H,4-5,11H2,1-3H3,(H,30,31);1-2H. The first kappa shape index (κ1) is 88.1. The number of carboxylic acids is 1. The Morgan fingerprint density at radius 1 is 0.474 bits per heavy atom. The zero-order chi connectivity index (χ0) is 83.4. The second-order valence-corrected chi connectivity index (χ2v) is 34.9. The molecule has 1 N–H and O–H groups in total. The van der Waals surface area contributed by atoms with E-state index in [1.807, 2.05) is 45.2 Å². The first-order chi connectivity index (χ1) is 53.3. The maximum atomic E-state index is 14.6. The maximum absolute atomic E-state index is 14.6. The zero-order valence-electron chi connectivity index (χ0n) is 65.4. The van der Waals surface area contributed by atoms with Gasteiger partial charge in [-0.3, -0.25) is 0 Å². The van der Waals surface area contributed by atoms with Crippen LogP contribution in [0.4, 0.5) is 39.5 Å². The predicted molar refractivity (Wildman–Crippen MR) is 422 cm³/mol. The van der Waals surface area contributed by atoms with Gasteiger partial charge in [0.2, 0.25) is 0 Å². The number of carbonyl (C=O) groups excluding carboxylic acids is 2. The molecule has 13 rings (SSSR count). The van der Waals surface area contributed by atoms with Crippen molar-refractivity contribution >= 4 is 80.4 Å². The predicted octanol–water partition coefficient (Wildman–Crippen LogP) is 21.5. The molecule has 0 saturated carbocycles. The number of esters is 2. The van der Waals surface area contributed by atoms with Crippen molar-refractivity contribution in [1.29, 1.82) is 0 Å². The van der Waals surface area contributed by atoms with Gasteiger partial charge in [0.25, 0.3) is 0 Å². The number of ether oxygens (including phenoxy) is 8. The molecule has 0 spiro atoms. The van der Waals surface area contributed by atoms with Crippen LogP contribution in [-0.2, 0) is 85.2 Å². The summed E-state index contributed by atoms with van der Waals surface area (Å²) in [4.78, 5) is 50.9. The minimum atomic E-state index is -4.79. The fraction of sp³-hybridized carbons (Fsp3) is 0.422. The molecule has 6 aromatic carbocycles. The molecule has 4 aliphatic rings. The van der Waals surface area contributed by atoms with Gasteiger partial charge in [-0.15, -0.1) is 34.0 Å². The average molecular weight is 1710 g/mol. The van der Waals surface area contributed by atoms with Crippen LogP contribution in [0.2, 0.25) is 0 Å². The van der Waals surface area contributed by atoms with E-state index in [1.54, 1.807) is 145 Å². The molecule has 3 aromatic heterocycles. The lowest BCUT2D eigenvalue weighted by atomic mass is 9.71. The van der Waals surface area contributed by atoms with E-state index in [4.69, 9.17) is 47.2 Å². The number of aliphatic carboxylic acids is 1. The quantitative estimate of drug-likeness (QED) is 0.0576. The number of benzene rings is 6. The highest BCUT2D eigenvalue weighted by Gasteiger charge is 2.54.